The first kappa shape index (κ1) is 16.1. The molecule has 112 valence electrons. The monoisotopic (exact) mass is 386 g/mol. The van der Waals surface area contributed by atoms with E-state index in [-0.39, 0.29) is 5.54 Å². The van der Waals surface area contributed by atoms with Crippen molar-refractivity contribution in [1.29, 1.82) is 0 Å². The van der Waals surface area contributed by atoms with Crippen LogP contribution in [0, 0.1) is 9.49 Å². The molecule has 0 aliphatic carbocycles. The summed E-state index contributed by atoms with van der Waals surface area (Å²) < 4.78 is 1.32. The molecular weight excluding hydrogens is 359 g/mol. The fourth-order valence-corrected chi connectivity index (χ4v) is 3.71. The second kappa shape index (κ2) is 6.65. The third-order valence-corrected chi connectivity index (χ3v) is 5.49. The van der Waals surface area contributed by atoms with Gasteiger partial charge in [-0.1, -0.05) is 33.8 Å². The van der Waals surface area contributed by atoms with Gasteiger partial charge in [0.15, 0.2) is 0 Å². The summed E-state index contributed by atoms with van der Waals surface area (Å²) in [5.74, 6) is 0.659. The summed E-state index contributed by atoms with van der Waals surface area (Å²) in [4.78, 5) is 2.64. The van der Waals surface area contributed by atoms with Crippen LogP contribution in [0.3, 0.4) is 0 Å². The van der Waals surface area contributed by atoms with Crippen LogP contribution in [0.25, 0.3) is 0 Å². The molecule has 1 atom stereocenters. The van der Waals surface area contributed by atoms with Crippen molar-refractivity contribution in [2.75, 3.05) is 18.0 Å². The van der Waals surface area contributed by atoms with E-state index in [1.807, 2.05) is 0 Å². The van der Waals surface area contributed by atoms with Crippen molar-refractivity contribution in [2.24, 2.45) is 5.92 Å². The van der Waals surface area contributed by atoms with Gasteiger partial charge in [0.2, 0.25) is 0 Å². The Morgan fingerprint density at radius 3 is 2.60 bits per heavy atom. The van der Waals surface area contributed by atoms with Crippen molar-refractivity contribution >= 4 is 28.3 Å². The van der Waals surface area contributed by atoms with Crippen LogP contribution in [0.5, 0.6) is 0 Å². The van der Waals surface area contributed by atoms with Crippen LogP contribution in [0.15, 0.2) is 24.3 Å². The van der Waals surface area contributed by atoms with Crippen LogP contribution < -0.4 is 10.2 Å². The van der Waals surface area contributed by atoms with Crippen molar-refractivity contribution < 1.29 is 0 Å². The van der Waals surface area contributed by atoms with Crippen LogP contribution in [0.4, 0.5) is 5.69 Å². The number of anilines is 1. The van der Waals surface area contributed by atoms with Crippen LogP contribution >= 0.6 is 22.6 Å². The Labute approximate surface area is 137 Å². The molecule has 20 heavy (non-hydrogen) atoms. The molecule has 0 spiro atoms. The predicted molar refractivity (Wildman–Crippen MR) is 96.4 cm³/mol. The van der Waals surface area contributed by atoms with E-state index in [0.717, 1.165) is 13.1 Å². The summed E-state index contributed by atoms with van der Waals surface area (Å²) in [6.07, 6.45) is 2.38. The van der Waals surface area contributed by atoms with E-state index in [0.29, 0.717) is 12.0 Å². The molecule has 0 radical (unpaired) electrons. The number of hydrogen-bond donors (Lipinski definition) is 1. The van der Waals surface area contributed by atoms with Crippen molar-refractivity contribution in [3.8, 4) is 0 Å². The fourth-order valence-electron chi connectivity index (χ4n) is 3.19. The van der Waals surface area contributed by atoms with Crippen molar-refractivity contribution in [3.05, 3.63) is 27.8 Å². The number of piperazine rings is 1. The zero-order chi connectivity index (χ0) is 14.8. The lowest BCUT2D eigenvalue weighted by Gasteiger charge is -2.50. The molecule has 1 aromatic carbocycles. The average Bonchev–Trinajstić information content (AvgIpc) is 2.46. The number of nitrogens with zero attached hydrogens (tertiary/aromatic N) is 1. The molecule has 2 nitrogen and oxygen atoms in total. The van der Waals surface area contributed by atoms with Crippen LogP contribution in [-0.4, -0.2) is 24.7 Å². The molecule has 0 saturated carbocycles. The maximum atomic E-state index is 3.83. The predicted octanol–water partition coefficient (Wildman–Crippen LogP) is 4.28. The molecule has 1 unspecified atom stereocenters. The van der Waals surface area contributed by atoms with Crippen LogP contribution in [-0.2, 0) is 0 Å². The highest BCUT2D eigenvalue weighted by Gasteiger charge is 2.37. The molecule has 0 bridgehead atoms. The normalized spacial score (nSPS) is 22.3. The first-order chi connectivity index (χ1) is 9.51. The van der Waals surface area contributed by atoms with Gasteiger partial charge in [-0.15, -0.1) is 0 Å². The first-order valence-electron chi connectivity index (χ1n) is 7.78. The van der Waals surface area contributed by atoms with Gasteiger partial charge in [0.25, 0.3) is 0 Å². The molecule has 1 heterocycles. The van der Waals surface area contributed by atoms with Gasteiger partial charge in [0.05, 0.1) is 0 Å². The zero-order valence-corrected chi connectivity index (χ0v) is 15.3. The van der Waals surface area contributed by atoms with E-state index in [9.17, 15) is 0 Å². The summed E-state index contributed by atoms with van der Waals surface area (Å²) in [5.41, 5.74) is 1.65. The second-order valence-corrected chi connectivity index (χ2v) is 7.53. The third-order valence-electron chi connectivity index (χ3n) is 4.82. The molecule has 0 aromatic heterocycles. The Morgan fingerprint density at radius 1 is 1.35 bits per heavy atom. The Morgan fingerprint density at radius 2 is 2.05 bits per heavy atom. The summed E-state index contributed by atoms with van der Waals surface area (Å²) in [5, 5.41) is 3.83. The minimum atomic E-state index is 0.271. The Balaban J connectivity index is 2.32. The Kier molecular flexibility index (Phi) is 5.35. The summed E-state index contributed by atoms with van der Waals surface area (Å²) in [6, 6.07) is 9.51. The minimum Gasteiger partial charge on any atom is -0.365 e. The molecule has 3 heteroatoms. The first-order valence-corrected chi connectivity index (χ1v) is 8.86. The summed E-state index contributed by atoms with van der Waals surface area (Å²) in [7, 11) is 0. The highest BCUT2D eigenvalue weighted by atomic mass is 127. The molecule has 2 rings (SSSR count). The average molecular weight is 386 g/mol. The highest BCUT2D eigenvalue weighted by Crippen LogP contribution is 2.30. The minimum absolute atomic E-state index is 0.271. The lowest BCUT2D eigenvalue weighted by Crippen LogP contribution is -2.65. The number of hydrogen-bond acceptors (Lipinski definition) is 2. The molecule has 1 N–H and O–H groups in total. The van der Waals surface area contributed by atoms with E-state index in [1.165, 1.54) is 22.1 Å². The molecular formula is C17H27IN2. The lowest BCUT2D eigenvalue weighted by molar-refractivity contribution is 0.227. The van der Waals surface area contributed by atoms with Crippen LogP contribution in [0.1, 0.15) is 40.5 Å². The largest absolute Gasteiger partial charge is 0.365 e. The van der Waals surface area contributed by atoms with Gasteiger partial charge < -0.3 is 10.2 Å². The van der Waals surface area contributed by atoms with Gasteiger partial charge in [0, 0.05) is 33.9 Å². The highest BCUT2D eigenvalue weighted by molar-refractivity contribution is 14.1. The standard InChI is InChI=1S/C17H27IN2/c1-5-17(6-2)12-20(16(11-19-17)13(3)4)15-9-7-8-14(18)10-15/h7-10,13,16,19H,5-6,11-12H2,1-4H3. The third kappa shape index (κ3) is 3.30. The Bertz CT molecular complexity index is 440. The molecule has 1 saturated heterocycles. The zero-order valence-electron chi connectivity index (χ0n) is 13.1. The second-order valence-electron chi connectivity index (χ2n) is 6.29. The van der Waals surface area contributed by atoms with Gasteiger partial charge in [0.1, 0.15) is 0 Å². The van der Waals surface area contributed by atoms with Crippen molar-refractivity contribution in [2.45, 2.75) is 52.1 Å². The summed E-state index contributed by atoms with van der Waals surface area (Å²) in [6.45, 7) is 11.5. The number of halogens is 1. The maximum absolute atomic E-state index is 3.83. The quantitative estimate of drug-likeness (QED) is 0.777. The van der Waals surface area contributed by atoms with E-state index in [1.54, 1.807) is 0 Å². The van der Waals surface area contributed by atoms with Gasteiger partial charge in [-0.3, -0.25) is 0 Å². The molecule has 0 amide bonds. The van der Waals surface area contributed by atoms with E-state index in [2.05, 4.69) is 84.8 Å². The number of nitrogens with one attached hydrogen (secondary N) is 1. The van der Waals surface area contributed by atoms with Gasteiger partial charge in [-0.05, 0) is 59.5 Å². The molecule has 1 fully saturated rings. The van der Waals surface area contributed by atoms with E-state index < -0.39 is 0 Å². The van der Waals surface area contributed by atoms with Gasteiger partial charge in [-0.2, -0.15) is 0 Å². The molecule has 1 aliphatic heterocycles. The number of rotatable bonds is 4. The Hall–Kier alpha value is -0.290. The van der Waals surface area contributed by atoms with Crippen molar-refractivity contribution in [3.63, 3.8) is 0 Å². The smallest absolute Gasteiger partial charge is 0.0438 e. The number of benzene rings is 1. The van der Waals surface area contributed by atoms with Gasteiger partial charge >= 0.3 is 0 Å². The SMILES string of the molecule is CCC1(CC)CN(c2cccc(I)c2)C(C(C)C)CN1. The molecule has 1 aromatic rings. The fraction of sp³-hybridized carbons (Fsp3) is 0.647. The molecule has 1 aliphatic rings. The maximum Gasteiger partial charge on any atom is 0.0438 e. The summed E-state index contributed by atoms with van der Waals surface area (Å²) >= 11 is 2.41. The van der Waals surface area contributed by atoms with E-state index >= 15 is 0 Å². The van der Waals surface area contributed by atoms with Gasteiger partial charge in [-0.25, -0.2) is 0 Å². The lowest BCUT2D eigenvalue weighted by atomic mass is 9.86. The van der Waals surface area contributed by atoms with Crippen LogP contribution in [0.2, 0.25) is 0 Å². The topological polar surface area (TPSA) is 15.3 Å². The van der Waals surface area contributed by atoms with Crippen molar-refractivity contribution in [1.82, 2.24) is 5.32 Å². The van der Waals surface area contributed by atoms with E-state index in [4.69, 9.17) is 0 Å².